The van der Waals surface area contributed by atoms with E-state index in [1.54, 1.807) is 11.6 Å². The van der Waals surface area contributed by atoms with Gasteiger partial charge in [0.25, 0.3) is 0 Å². The molecule has 1 heterocycles. The number of hydrazone groups is 1. The molecule has 5 nitrogen and oxygen atoms in total. The summed E-state index contributed by atoms with van der Waals surface area (Å²) in [5, 5.41) is 6.60. The van der Waals surface area contributed by atoms with E-state index in [2.05, 4.69) is 46.7 Å². The van der Waals surface area contributed by atoms with E-state index in [1.165, 1.54) is 16.9 Å². The fraction of sp³-hybridized carbons (Fsp3) is 0.111. The average molecular weight is 338 g/mol. The number of rotatable bonds is 6. The van der Waals surface area contributed by atoms with Crippen LogP contribution in [0.1, 0.15) is 16.7 Å². The molecule has 1 aromatic heterocycles. The maximum atomic E-state index is 5.92. The van der Waals surface area contributed by atoms with Crippen molar-refractivity contribution < 1.29 is 4.74 Å². The molecule has 0 unspecified atom stereocenters. The molecule has 0 saturated carbocycles. The predicted molar refractivity (Wildman–Crippen MR) is 99.7 cm³/mol. The van der Waals surface area contributed by atoms with Crippen molar-refractivity contribution in [2.45, 2.75) is 13.5 Å². The van der Waals surface area contributed by atoms with Gasteiger partial charge in [0.05, 0.1) is 6.21 Å². The van der Waals surface area contributed by atoms with E-state index < -0.39 is 0 Å². The van der Waals surface area contributed by atoms with Crippen LogP contribution in [0.2, 0.25) is 0 Å². The molecular formula is C18H18N4OS. The molecule has 0 radical (unpaired) electrons. The van der Waals surface area contributed by atoms with Crippen molar-refractivity contribution in [3.8, 4) is 5.75 Å². The molecule has 6 heteroatoms. The van der Waals surface area contributed by atoms with Crippen LogP contribution in [0, 0.1) is 6.92 Å². The van der Waals surface area contributed by atoms with Crippen LogP contribution >= 0.6 is 11.3 Å². The van der Waals surface area contributed by atoms with Crippen molar-refractivity contribution in [1.82, 2.24) is 4.98 Å². The molecule has 3 rings (SSSR count). The molecule has 0 aliphatic heterocycles. The summed E-state index contributed by atoms with van der Waals surface area (Å²) in [6.45, 7) is 2.58. The lowest BCUT2D eigenvalue weighted by molar-refractivity contribution is 0.306. The van der Waals surface area contributed by atoms with Crippen LogP contribution in [-0.2, 0) is 6.61 Å². The zero-order valence-electron chi connectivity index (χ0n) is 13.3. The number of hydrogen-bond donors (Lipinski definition) is 2. The number of para-hydroxylation sites is 1. The van der Waals surface area contributed by atoms with Gasteiger partial charge in [-0.3, -0.25) is 5.43 Å². The number of nitrogen functional groups attached to an aromatic ring is 1. The Morgan fingerprint density at radius 2 is 2.00 bits per heavy atom. The second-order valence-corrected chi connectivity index (χ2v) is 6.12. The number of aromatic nitrogens is 1. The lowest BCUT2D eigenvalue weighted by atomic mass is 10.1. The molecule has 0 saturated heterocycles. The molecule has 0 amide bonds. The van der Waals surface area contributed by atoms with Crippen LogP contribution in [0.5, 0.6) is 5.75 Å². The van der Waals surface area contributed by atoms with Crippen LogP contribution in [0.15, 0.2) is 59.0 Å². The number of nitrogens with two attached hydrogens (primary N) is 1. The van der Waals surface area contributed by atoms with Gasteiger partial charge in [-0.15, -0.1) is 11.3 Å². The highest BCUT2D eigenvalue weighted by Crippen LogP contribution is 2.19. The zero-order chi connectivity index (χ0) is 16.8. The van der Waals surface area contributed by atoms with Gasteiger partial charge in [0, 0.05) is 10.9 Å². The largest absolute Gasteiger partial charge is 0.488 e. The predicted octanol–water partition coefficient (Wildman–Crippen LogP) is 4.06. The highest BCUT2D eigenvalue weighted by molar-refractivity contribution is 7.14. The lowest BCUT2D eigenvalue weighted by Crippen LogP contribution is -1.99. The smallest absolute Gasteiger partial charge is 0.205 e. The minimum Gasteiger partial charge on any atom is -0.488 e. The number of ether oxygens (including phenoxy) is 1. The van der Waals surface area contributed by atoms with Crippen LogP contribution in [0.25, 0.3) is 0 Å². The Kier molecular flexibility index (Phi) is 5.08. The van der Waals surface area contributed by atoms with Gasteiger partial charge in [-0.25, -0.2) is 4.98 Å². The Morgan fingerprint density at radius 1 is 1.21 bits per heavy atom. The number of thiazole rings is 1. The van der Waals surface area contributed by atoms with Crippen LogP contribution in [-0.4, -0.2) is 11.2 Å². The first-order chi connectivity index (χ1) is 11.7. The quantitative estimate of drug-likeness (QED) is 0.525. The summed E-state index contributed by atoms with van der Waals surface area (Å²) >= 11 is 1.41. The standard InChI is InChI=1S/C18H18N4OS/c1-13-6-8-14(9-7-13)11-23-16-5-3-2-4-15(16)10-20-22-18-21-17(19)12-24-18/h2-10,12H,11,19H2,1H3,(H,21,22). The topological polar surface area (TPSA) is 72.5 Å². The van der Waals surface area contributed by atoms with E-state index in [-0.39, 0.29) is 0 Å². The summed E-state index contributed by atoms with van der Waals surface area (Å²) in [7, 11) is 0. The first kappa shape index (κ1) is 16.0. The molecule has 3 aromatic rings. The molecule has 3 N–H and O–H groups in total. The highest BCUT2D eigenvalue weighted by atomic mass is 32.1. The van der Waals surface area contributed by atoms with Crippen LogP contribution in [0.3, 0.4) is 0 Å². The first-order valence-electron chi connectivity index (χ1n) is 7.48. The number of aryl methyl sites for hydroxylation is 1. The fourth-order valence-corrected chi connectivity index (χ4v) is 2.61. The van der Waals surface area contributed by atoms with Crippen molar-refractivity contribution in [1.29, 1.82) is 0 Å². The number of nitrogens with zero attached hydrogens (tertiary/aromatic N) is 2. The summed E-state index contributed by atoms with van der Waals surface area (Å²) in [5.41, 5.74) is 11.7. The molecule has 0 bridgehead atoms. The van der Waals surface area contributed by atoms with Gasteiger partial charge in [0.15, 0.2) is 0 Å². The molecule has 24 heavy (non-hydrogen) atoms. The van der Waals surface area contributed by atoms with Gasteiger partial charge in [-0.2, -0.15) is 5.10 Å². The van der Waals surface area contributed by atoms with E-state index in [0.717, 1.165) is 16.9 Å². The maximum Gasteiger partial charge on any atom is 0.205 e. The number of benzene rings is 2. The van der Waals surface area contributed by atoms with E-state index in [0.29, 0.717) is 17.6 Å². The summed E-state index contributed by atoms with van der Waals surface area (Å²) in [4.78, 5) is 4.09. The van der Waals surface area contributed by atoms with Gasteiger partial charge in [-0.1, -0.05) is 42.0 Å². The summed E-state index contributed by atoms with van der Waals surface area (Å²) in [6.07, 6.45) is 1.71. The van der Waals surface area contributed by atoms with Crippen LogP contribution in [0.4, 0.5) is 10.9 Å². The summed E-state index contributed by atoms with van der Waals surface area (Å²) < 4.78 is 5.92. The average Bonchev–Trinajstić information content (AvgIpc) is 3.01. The molecule has 2 aromatic carbocycles. The van der Waals surface area contributed by atoms with E-state index in [4.69, 9.17) is 10.5 Å². The van der Waals surface area contributed by atoms with Crippen molar-refractivity contribution in [3.63, 3.8) is 0 Å². The number of nitrogens with one attached hydrogen (secondary N) is 1. The van der Waals surface area contributed by atoms with Gasteiger partial charge >= 0.3 is 0 Å². The van der Waals surface area contributed by atoms with Gasteiger partial charge in [0.2, 0.25) is 5.13 Å². The molecule has 0 fully saturated rings. The molecule has 0 atom stereocenters. The van der Waals surface area contributed by atoms with Gasteiger partial charge in [0.1, 0.15) is 18.2 Å². The number of hydrogen-bond acceptors (Lipinski definition) is 6. The Balaban J connectivity index is 1.65. The molecule has 0 aliphatic rings. The molecule has 122 valence electrons. The summed E-state index contributed by atoms with van der Waals surface area (Å²) in [5.74, 6) is 1.27. The molecular weight excluding hydrogens is 320 g/mol. The zero-order valence-corrected chi connectivity index (χ0v) is 14.1. The Morgan fingerprint density at radius 3 is 2.75 bits per heavy atom. The van der Waals surface area contributed by atoms with E-state index >= 15 is 0 Å². The lowest BCUT2D eigenvalue weighted by Gasteiger charge is -2.09. The monoisotopic (exact) mass is 338 g/mol. The third-order valence-electron chi connectivity index (χ3n) is 3.32. The third kappa shape index (κ3) is 4.33. The third-order valence-corrected chi connectivity index (χ3v) is 4.08. The van der Waals surface area contributed by atoms with E-state index in [9.17, 15) is 0 Å². The second-order valence-electron chi connectivity index (χ2n) is 5.26. The minimum absolute atomic E-state index is 0.486. The first-order valence-corrected chi connectivity index (χ1v) is 8.36. The van der Waals surface area contributed by atoms with Crippen molar-refractivity contribution >= 4 is 28.5 Å². The van der Waals surface area contributed by atoms with Crippen molar-refractivity contribution in [2.75, 3.05) is 11.2 Å². The molecule has 0 aliphatic carbocycles. The normalized spacial score (nSPS) is 10.9. The summed E-state index contributed by atoms with van der Waals surface area (Å²) in [6, 6.07) is 16.1. The Bertz CT molecular complexity index is 827. The maximum absolute atomic E-state index is 5.92. The van der Waals surface area contributed by atoms with Crippen molar-refractivity contribution in [3.05, 3.63) is 70.6 Å². The van der Waals surface area contributed by atoms with E-state index in [1.807, 2.05) is 24.3 Å². The second kappa shape index (κ2) is 7.61. The van der Waals surface area contributed by atoms with Gasteiger partial charge in [-0.05, 0) is 24.6 Å². The number of anilines is 2. The van der Waals surface area contributed by atoms with Gasteiger partial charge < -0.3 is 10.5 Å². The molecule has 0 spiro atoms. The Labute approximate surface area is 144 Å². The highest BCUT2D eigenvalue weighted by Gasteiger charge is 2.02. The van der Waals surface area contributed by atoms with Crippen molar-refractivity contribution in [2.24, 2.45) is 5.10 Å². The SMILES string of the molecule is Cc1ccc(COc2ccccc2C=NNc2nc(N)cs2)cc1. The minimum atomic E-state index is 0.486. The van der Waals surface area contributed by atoms with Crippen LogP contribution < -0.4 is 15.9 Å². The Hall–Kier alpha value is -2.86. The fourth-order valence-electron chi connectivity index (χ4n) is 2.06.